The monoisotopic (exact) mass is 292 g/mol. The molecule has 1 aromatic carbocycles. The molecule has 0 aliphatic heterocycles. The number of nitrogens with zero attached hydrogens (tertiary/aromatic N) is 1. The summed E-state index contributed by atoms with van der Waals surface area (Å²) in [4.78, 5) is 25.2. The van der Waals surface area contributed by atoms with Crippen LogP contribution in [0, 0.1) is 0 Å². The Hall–Kier alpha value is -2.08. The molecular formula is C15H20N2O4. The molecule has 1 fully saturated rings. The number of nitrogens with one attached hydrogen (secondary N) is 1. The smallest absolute Gasteiger partial charge is 0.330 e. The number of hydrogen-bond acceptors (Lipinski definition) is 3. The maximum absolute atomic E-state index is 12.3. The van der Waals surface area contributed by atoms with Crippen LogP contribution in [0.1, 0.15) is 30.9 Å². The van der Waals surface area contributed by atoms with Gasteiger partial charge in [-0.1, -0.05) is 30.3 Å². The zero-order chi connectivity index (χ0) is 15.2. The molecule has 3 N–H and O–H groups in total. The van der Waals surface area contributed by atoms with Crippen LogP contribution in [0.2, 0.25) is 0 Å². The van der Waals surface area contributed by atoms with Gasteiger partial charge in [-0.05, 0) is 24.8 Å². The number of aliphatic carboxylic acids is 1. The number of carboxylic acid groups (broad SMARTS) is 1. The number of carbonyl (C=O) groups excluding carboxylic acids is 1. The Morgan fingerprint density at radius 2 is 1.95 bits per heavy atom. The SMILES string of the molecule is O=C(O)[C@@H](NC(=O)N(CCO)C1CCC1)c1ccccc1. The Balaban J connectivity index is 2.08. The van der Waals surface area contributed by atoms with Gasteiger partial charge < -0.3 is 20.4 Å². The van der Waals surface area contributed by atoms with Crippen LogP contribution in [-0.2, 0) is 4.79 Å². The van der Waals surface area contributed by atoms with Crippen molar-refractivity contribution in [2.45, 2.75) is 31.3 Å². The van der Waals surface area contributed by atoms with Gasteiger partial charge in [-0.2, -0.15) is 0 Å². The molecule has 0 radical (unpaired) electrons. The molecule has 0 spiro atoms. The molecule has 2 rings (SSSR count). The molecule has 6 nitrogen and oxygen atoms in total. The molecule has 1 atom stereocenters. The number of aliphatic hydroxyl groups excluding tert-OH is 1. The van der Waals surface area contributed by atoms with Gasteiger partial charge in [-0.15, -0.1) is 0 Å². The highest BCUT2D eigenvalue weighted by Crippen LogP contribution is 2.25. The normalized spacial score (nSPS) is 15.9. The summed E-state index contributed by atoms with van der Waals surface area (Å²) in [5, 5.41) is 20.9. The first kappa shape index (κ1) is 15.3. The van der Waals surface area contributed by atoms with Crippen molar-refractivity contribution in [1.82, 2.24) is 10.2 Å². The molecule has 0 bridgehead atoms. The van der Waals surface area contributed by atoms with E-state index in [1.165, 1.54) is 4.90 Å². The van der Waals surface area contributed by atoms with Gasteiger partial charge in [0.15, 0.2) is 6.04 Å². The lowest BCUT2D eigenvalue weighted by Gasteiger charge is -2.37. The molecule has 1 aromatic rings. The van der Waals surface area contributed by atoms with Gasteiger partial charge in [0.25, 0.3) is 0 Å². The number of hydrogen-bond donors (Lipinski definition) is 3. The summed E-state index contributed by atoms with van der Waals surface area (Å²) in [5.74, 6) is -1.10. The fraction of sp³-hybridized carbons (Fsp3) is 0.467. The van der Waals surface area contributed by atoms with Crippen LogP contribution in [0.15, 0.2) is 30.3 Å². The summed E-state index contributed by atoms with van der Waals surface area (Å²) >= 11 is 0. The van der Waals surface area contributed by atoms with Gasteiger partial charge in [0.1, 0.15) is 0 Å². The predicted molar refractivity (Wildman–Crippen MR) is 76.8 cm³/mol. The Morgan fingerprint density at radius 1 is 1.29 bits per heavy atom. The van der Waals surface area contributed by atoms with E-state index in [0.717, 1.165) is 19.3 Å². The first-order chi connectivity index (χ1) is 10.1. The quantitative estimate of drug-likeness (QED) is 0.738. The van der Waals surface area contributed by atoms with Gasteiger partial charge in [-0.3, -0.25) is 0 Å². The number of benzene rings is 1. The third kappa shape index (κ3) is 3.72. The second kappa shape index (κ2) is 7.08. The van der Waals surface area contributed by atoms with Gasteiger partial charge in [0.05, 0.1) is 6.61 Å². The molecule has 114 valence electrons. The number of urea groups is 1. The van der Waals surface area contributed by atoms with Gasteiger partial charge in [-0.25, -0.2) is 9.59 Å². The summed E-state index contributed by atoms with van der Waals surface area (Å²) < 4.78 is 0. The van der Waals surface area contributed by atoms with Crippen LogP contribution in [0.5, 0.6) is 0 Å². The van der Waals surface area contributed by atoms with Crippen LogP contribution in [0.25, 0.3) is 0 Å². The zero-order valence-electron chi connectivity index (χ0n) is 11.7. The predicted octanol–water partition coefficient (Wildman–Crippen LogP) is 1.37. The van der Waals surface area contributed by atoms with Crippen LogP contribution in [0.4, 0.5) is 4.79 Å². The molecular weight excluding hydrogens is 272 g/mol. The number of carbonyl (C=O) groups is 2. The lowest BCUT2D eigenvalue weighted by Crippen LogP contribution is -2.51. The van der Waals surface area contributed by atoms with Crippen LogP contribution >= 0.6 is 0 Å². The molecule has 1 saturated carbocycles. The molecule has 6 heteroatoms. The van der Waals surface area contributed by atoms with E-state index in [0.29, 0.717) is 5.56 Å². The fourth-order valence-electron chi connectivity index (χ4n) is 2.40. The molecule has 0 aromatic heterocycles. The van der Waals surface area contributed by atoms with Crippen molar-refractivity contribution in [2.75, 3.05) is 13.2 Å². The molecule has 1 aliphatic carbocycles. The lowest BCUT2D eigenvalue weighted by atomic mass is 9.91. The summed E-state index contributed by atoms with van der Waals surface area (Å²) in [6, 6.07) is 7.16. The van der Waals surface area contributed by atoms with Crippen molar-refractivity contribution < 1.29 is 19.8 Å². The van der Waals surface area contributed by atoms with E-state index in [1.807, 2.05) is 0 Å². The topological polar surface area (TPSA) is 89.9 Å². The third-order valence-electron chi connectivity index (χ3n) is 3.76. The van der Waals surface area contributed by atoms with Crippen molar-refractivity contribution in [3.8, 4) is 0 Å². The van der Waals surface area contributed by atoms with E-state index in [2.05, 4.69) is 5.32 Å². The third-order valence-corrected chi connectivity index (χ3v) is 3.76. The average molecular weight is 292 g/mol. The van der Waals surface area contributed by atoms with Gasteiger partial charge >= 0.3 is 12.0 Å². The summed E-state index contributed by atoms with van der Waals surface area (Å²) in [5.41, 5.74) is 0.524. The number of carboxylic acids is 1. The van der Waals surface area contributed by atoms with Crippen molar-refractivity contribution in [2.24, 2.45) is 0 Å². The fourth-order valence-corrected chi connectivity index (χ4v) is 2.40. The summed E-state index contributed by atoms with van der Waals surface area (Å²) in [7, 11) is 0. The molecule has 0 heterocycles. The van der Waals surface area contributed by atoms with Crippen LogP contribution in [-0.4, -0.2) is 46.3 Å². The molecule has 2 amide bonds. The Morgan fingerprint density at radius 3 is 2.43 bits per heavy atom. The van der Waals surface area contributed by atoms with Crippen molar-refractivity contribution in [1.29, 1.82) is 0 Å². The lowest BCUT2D eigenvalue weighted by molar-refractivity contribution is -0.139. The highest BCUT2D eigenvalue weighted by molar-refractivity contribution is 5.83. The minimum absolute atomic E-state index is 0.0994. The molecule has 21 heavy (non-hydrogen) atoms. The first-order valence-electron chi connectivity index (χ1n) is 7.09. The first-order valence-corrected chi connectivity index (χ1v) is 7.09. The van der Waals surface area contributed by atoms with Crippen molar-refractivity contribution >= 4 is 12.0 Å². The summed E-state index contributed by atoms with van der Waals surface area (Å²) in [6.45, 7) is 0.0879. The van der Waals surface area contributed by atoms with Crippen LogP contribution in [0.3, 0.4) is 0 Å². The average Bonchev–Trinajstić information content (AvgIpc) is 2.42. The van der Waals surface area contributed by atoms with E-state index in [9.17, 15) is 14.7 Å². The minimum atomic E-state index is -1.10. The number of aliphatic hydroxyl groups is 1. The Bertz CT molecular complexity index is 488. The van der Waals surface area contributed by atoms with Crippen molar-refractivity contribution in [3.63, 3.8) is 0 Å². The summed E-state index contributed by atoms with van der Waals surface area (Å²) in [6.07, 6.45) is 2.86. The number of amides is 2. The van der Waals surface area contributed by atoms with Crippen LogP contribution < -0.4 is 5.32 Å². The number of rotatable bonds is 6. The standard InChI is InChI=1S/C15H20N2O4/c18-10-9-17(12-7-4-8-12)15(21)16-13(14(19)20)11-5-2-1-3-6-11/h1-3,5-6,12-13,18H,4,7-10H2,(H,16,21)(H,19,20)/t13-/m0/s1. The molecule has 1 aliphatic rings. The highest BCUT2D eigenvalue weighted by Gasteiger charge is 2.31. The second-order valence-corrected chi connectivity index (χ2v) is 5.13. The maximum Gasteiger partial charge on any atom is 0.330 e. The Labute approximate surface area is 123 Å². The zero-order valence-corrected chi connectivity index (χ0v) is 11.7. The van der Waals surface area contributed by atoms with E-state index in [-0.39, 0.29) is 19.2 Å². The van der Waals surface area contributed by atoms with E-state index < -0.39 is 18.0 Å². The second-order valence-electron chi connectivity index (χ2n) is 5.13. The molecule has 0 saturated heterocycles. The van der Waals surface area contributed by atoms with E-state index >= 15 is 0 Å². The maximum atomic E-state index is 12.3. The largest absolute Gasteiger partial charge is 0.479 e. The van der Waals surface area contributed by atoms with E-state index in [1.54, 1.807) is 30.3 Å². The minimum Gasteiger partial charge on any atom is -0.479 e. The van der Waals surface area contributed by atoms with Crippen molar-refractivity contribution in [3.05, 3.63) is 35.9 Å². The van der Waals surface area contributed by atoms with Gasteiger partial charge in [0.2, 0.25) is 0 Å². The molecule has 0 unspecified atom stereocenters. The van der Waals surface area contributed by atoms with E-state index in [4.69, 9.17) is 5.11 Å². The Kier molecular flexibility index (Phi) is 5.16. The highest BCUT2D eigenvalue weighted by atomic mass is 16.4. The van der Waals surface area contributed by atoms with Gasteiger partial charge in [0, 0.05) is 12.6 Å².